The van der Waals surface area contributed by atoms with Crippen LogP contribution in [0.1, 0.15) is 0 Å². The predicted molar refractivity (Wildman–Crippen MR) is 82.9 cm³/mol. The molecule has 0 amide bonds. The van der Waals surface area contributed by atoms with Gasteiger partial charge in [-0.25, -0.2) is 9.37 Å². The molecule has 3 aromatic heterocycles. The van der Waals surface area contributed by atoms with Gasteiger partial charge >= 0.3 is 0 Å². The van der Waals surface area contributed by atoms with Gasteiger partial charge in [0.2, 0.25) is 17.6 Å². The summed E-state index contributed by atoms with van der Waals surface area (Å²) >= 11 is 1.48. The van der Waals surface area contributed by atoms with E-state index in [-0.39, 0.29) is 23.3 Å². The fraction of sp³-hybridized carbons (Fsp3) is 0. The number of oxazole rings is 1. The average Bonchev–Trinajstić information content (AvgIpc) is 3.27. The summed E-state index contributed by atoms with van der Waals surface area (Å²) in [5, 5.41) is 5.77. The largest absolute Gasteiger partial charge is 0.419 e. The van der Waals surface area contributed by atoms with Crippen LogP contribution in [0.5, 0.6) is 0 Å². The van der Waals surface area contributed by atoms with Crippen molar-refractivity contribution in [2.75, 3.05) is 5.73 Å². The molecule has 0 fully saturated rings. The monoisotopic (exact) mass is 328 g/mol. The smallest absolute Gasteiger partial charge is 0.282 e. The first-order valence-electron chi connectivity index (χ1n) is 6.61. The van der Waals surface area contributed by atoms with Crippen molar-refractivity contribution in [1.29, 1.82) is 0 Å². The number of nitrogens with two attached hydrogens (primary N) is 1. The van der Waals surface area contributed by atoms with Crippen molar-refractivity contribution in [3.8, 4) is 33.7 Å². The van der Waals surface area contributed by atoms with Gasteiger partial charge in [0, 0.05) is 5.56 Å². The summed E-state index contributed by atoms with van der Waals surface area (Å²) in [7, 11) is 0. The van der Waals surface area contributed by atoms with Crippen LogP contribution in [0.25, 0.3) is 33.7 Å². The maximum atomic E-state index is 13.0. The maximum Gasteiger partial charge on any atom is 0.282 e. The number of halogens is 1. The molecule has 0 spiro atoms. The molecule has 1 aromatic carbocycles. The zero-order valence-electron chi connectivity index (χ0n) is 11.6. The lowest BCUT2D eigenvalue weighted by Crippen LogP contribution is -1.87. The van der Waals surface area contributed by atoms with Gasteiger partial charge < -0.3 is 14.7 Å². The van der Waals surface area contributed by atoms with E-state index in [0.717, 1.165) is 4.88 Å². The lowest BCUT2D eigenvalue weighted by molar-refractivity contribution is 0.431. The first kappa shape index (κ1) is 13.6. The fourth-order valence-corrected chi connectivity index (χ4v) is 2.68. The molecule has 4 aromatic rings. The number of hydrogen-bond acceptors (Lipinski definition) is 7. The molecule has 6 nitrogen and oxygen atoms in total. The van der Waals surface area contributed by atoms with Crippen molar-refractivity contribution in [2.45, 2.75) is 0 Å². The molecule has 4 rings (SSSR count). The zero-order chi connectivity index (χ0) is 15.8. The number of nitrogen functional groups attached to an aromatic ring is 1. The minimum atomic E-state index is -0.334. The highest BCUT2D eigenvalue weighted by molar-refractivity contribution is 7.13. The van der Waals surface area contributed by atoms with Gasteiger partial charge in [-0.2, -0.15) is 4.98 Å². The predicted octanol–water partition coefficient (Wildman–Crippen LogP) is 3.84. The normalized spacial score (nSPS) is 11.0. The zero-order valence-corrected chi connectivity index (χ0v) is 12.4. The van der Waals surface area contributed by atoms with Crippen LogP contribution in [0.4, 0.5) is 10.3 Å². The van der Waals surface area contributed by atoms with Crippen molar-refractivity contribution in [3.63, 3.8) is 0 Å². The van der Waals surface area contributed by atoms with Crippen molar-refractivity contribution in [3.05, 3.63) is 47.6 Å². The van der Waals surface area contributed by atoms with Crippen LogP contribution in [0.3, 0.4) is 0 Å². The Labute approximate surface area is 133 Å². The molecular formula is C15H9FN4O2S. The Morgan fingerprint density at radius 3 is 2.61 bits per heavy atom. The van der Waals surface area contributed by atoms with E-state index in [0.29, 0.717) is 17.3 Å². The summed E-state index contributed by atoms with van der Waals surface area (Å²) in [6.45, 7) is 0. The highest BCUT2D eigenvalue weighted by Crippen LogP contribution is 2.32. The molecule has 0 radical (unpaired) electrons. The Balaban J connectivity index is 1.70. The lowest BCUT2D eigenvalue weighted by Gasteiger charge is -1.92. The third-order valence-electron chi connectivity index (χ3n) is 3.12. The third kappa shape index (κ3) is 2.49. The quantitative estimate of drug-likeness (QED) is 0.614. The molecule has 23 heavy (non-hydrogen) atoms. The van der Waals surface area contributed by atoms with Gasteiger partial charge in [-0.15, -0.1) is 11.3 Å². The van der Waals surface area contributed by atoms with Crippen LogP contribution >= 0.6 is 11.3 Å². The summed E-state index contributed by atoms with van der Waals surface area (Å²) in [4.78, 5) is 9.39. The third-order valence-corrected chi connectivity index (χ3v) is 3.97. The van der Waals surface area contributed by atoms with Gasteiger partial charge in [0.25, 0.3) is 5.89 Å². The molecule has 0 aliphatic rings. The molecule has 8 heteroatoms. The van der Waals surface area contributed by atoms with E-state index in [4.69, 9.17) is 14.7 Å². The first-order chi connectivity index (χ1) is 11.2. The fourth-order valence-electron chi connectivity index (χ4n) is 2.03. The maximum absolute atomic E-state index is 13.0. The Bertz CT molecular complexity index is 944. The van der Waals surface area contributed by atoms with Crippen LogP contribution < -0.4 is 5.73 Å². The number of hydrogen-bond donors (Lipinski definition) is 1. The Kier molecular flexibility index (Phi) is 3.16. The van der Waals surface area contributed by atoms with Crippen LogP contribution in [0.15, 0.2) is 50.7 Å². The number of thiophene rings is 1. The molecule has 0 bridgehead atoms. The molecule has 0 aliphatic carbocycles. The summed E-state index contributed by atoms with van der Waals surface area (Å²) in [6, 6.07) is 9.53. The molecule has 0 aliphatic heterocycles. The molecule has 0 saturated heterocycles. The Morgan fingerprint density at radius 1 is 1.04 bits per heavy atom. The second-order valence-corrected chi connectivity index (χ2v) is 5.59. The van der Waals surface area contributed by atoms with Gasteiger partial charge in [-0.05, 0) is 35.7 Å². The molecule has 0 saturated carbocycles. The number of rotatable bonds is 3. The van der Waals surface area contributed by atoms with Crippen LogP contribution in [-0.4, -0.2) is 15.1 Å². The average molecular weight is 328 g/mol. The molecule has 0 unspecified atom stereocenters. The second kappa shape index (κ2) is 5.33. The van der Waals surface area contributed by atoms with Crippen molar-refractivity contribution >= 4 is 17.2 Å². The van der Waals surface area contributed by atoms with E-state index in [9.17, 15) is 4.39 Å². The summed E-state index contributed by atoms with van der Waals surface area (Å²) in [6.07, 6.45) is 0. The van der Waals surface area contributed by atoms with Crippen LogP contribution in [0.2, 0.25) is 0 Å². The first-order valence-corrected chi connectivity index (χ1v) is 7.49. The number of nitrogens with zero attached hydrogens (tertiary/aromatic N) is 3. The van der Waals surface area contributed by atoms with E-state index in [1.165, 1.54) is 23.5 Å². The van der Waals surface area contributed by atoms with Crippen LogP contribution in [-0.2, 0) is 0 Å². The second-order valence-electron chi connectivity index (χ2n) is 4.64. The highest BCUT2D eigenvalue weighted by atomic mass is 32.1. The van der Waals surface area contributed by atoms with Crippen molar-refractivity contribution in [2.24, 2.45) is 0 Å². The topological polar surface area (TPSA) is 91.0 Å². The molecule has 3 heterocycles. The summed E-state index contributed by atoms with van der Waals surface area (Å²) in [5.41, 5.74) is 6.76. The van der Waals surface area contributed by atoms with Gasteiger partial charge in [0.05, 0.1) is 4.88 Å². The van der Waals surface area contributed by atoms with Crippen molar-refractivity contribution < 1.29 is 13.3 Å². The van der Waals surface area contributed by atoms with E-state index in [1.807, 2.05) is 17.5 Å². The van der Waals surface area contributed by atoms with E-state index in [1.54, 1.807) is 12.1 Å². The van der Waals surface area contributed by atoms with E-state index in [2.05, 4.69) is 15.1 Å². The minimum Gasteiger partial charge on any atom is -0.419 e. The van der Waals surface area contributed by atoms with Gasteiger partial charge in [0.1, 0.15) is 5.82 Å². The Hall–Kier alpha value is -3.00. The summed E-state index contributed by atoms with van der Waals surface area (Å²) in [5.74, 6) is 0.629. The number of benzene rings is 1. The lowest BCUT2D eigenvalue weighted by atomic mass is 10.2. The molecular weight excluding hydrogens is 319 g/mol. The number of anilines is 1. The molecule has 2 N–H and O–H groups in total. The summed E-state index contributed by atoms with van der Waals surface area (Å²) < 4.78 is 23.6. The molecule has 0 atom stereocenters. The van der Waals surface area contributed by atoms with Crippen LogP contribution in [0, 0.1) is 5.82 Å². The highest BCUT2D eigenvalue weighted by Gasteiger charge is 2.20. The molecule has 114 valence electrons. The Morgan fingerprint density at radius 2 is 1.87 bits per heavy atom. The van der Waals surface area contributed by atoms with Crippen molar-refractivity contribution in [1.82, 2.24) is 15.1 Å². The van der Waals surface area contributed by atoms with Gasteiger partial charge in [0.15, 0.2) is 5.69 Å². The van der Waals surface area contributed by atoms with Gasteiger partial charge in [-0.1, -0.05) is 11.2 Å². The minimum absolute atomic E-state index is 0.0997. The standard InChI is InChI=1S/C15H9FN4O2S/c16-9-5-3-8(4-6-9)13-19-15(22-20-13)11-12(17)21-14(18-11)10-2-1-7-23-10/h1-7H,17H2. The van der Waals surface area contributed by atoms with Gasteiger partial charge in [-0.3, -0.25) is 0 Å². The van der Waals surface area contributed by atoms with E-state index < -0.39 is 0 Å². The SMILES string of the molecule is Nc1oc(-c2cccs2)nc1-c1nc(-c2ccc(F)cc2)no1. The van der Waals surface area contributed by atoms with E-state index >= 15 is 0 Å². The number of aromatic nitrogens is 3.